The van der Waals surface area contributed by atoms with Gasteiger partial charge in [-0.15, -0.1) is 0 Å². The number of ether oxygens (including phenoxy) is 1. The number of fused-ring (bicyclic) bond motifs is 1. The highest BCUT2D eigenvalue weighted by Gasteiger charge is 2.21. The molecule has 1 aliphatic heterocycles. The molecule has 120 valence electrons. The van der Waals surface area contributed by atoms with Gasteiger partial charge in [-0.25, -0.2) is 8.42 Å². The summed E-state index contributed by atoms with van der Waals surface area (Å²) in [7, 11) is -3.83. The monoisotopic (exact) mass is 332 g/mol. The molecule has 0 atom stereocenters. The van der Waals surface area contributed by atoms with Crippen LogP contribution in [0, 0.1) is 6.92 Å². The van der Waals surface area contributed by atoms with Crippen LogP contribution in [0.1, 0.15) is 27.0 Å². The lowest BCUT2D eigenvalue weighted by Crippen LogP contribution is -2.19. The Morgan fingerprint density at radius 1 is 1.17 bits per heavy atom. The third kappa shape index (κ3) is 2.93. The molecule has 0 aromatic heterocycles. The number of aryl methyl sites for hydroxylation is 1. The average molecular weight is 332 g/mol. The Bertz CT molecular complexity index is 891. The number of nitrogens with two attached hydrogens (primary N) is 1. The standard InChI is InChI=1S/C16H16N2O4S/c1-10-3-2-4-14(16(17)19)15(10)18-23(20,21)13-6-5-11-8-22-9-12(11)7-13/h2-7,18H,8-9H2,1H3,(H2,17,19). The van der Waals surface area contributed by atoms with Gasteiger partial charge in [-0.05, 0) is 41.8 Å². The van der Waals surface area contributed by atoms with E-state index in [9.17, 15) is 13.2 Å². The Labute approximate surface area is 134 Å². The van der Waals surface area contributed by atoms with E-state index in [1.165, 1.54) is 12.1 Å². The van der Waals surface area contributed by atoms with Crippen molar-refractivity contribution in [3.05, 3.63) is 58.7 Å². The van der Waals surface area contributed by atoms with E-state index in [0.717, 1.165) is 11.1 Å². The van der Waals surface area contributed by atoms with Crippen LogP contribution in [-0.4, -0.2) is 14.3 Å². The maximum Gasteiger partial charge on any atom is 0.261 e. The van der Waals surface area contributed by atoms with Crippen LogP contribution < -0.4 is 10.5 Å². The van der Waals surface area contributed by atoms with E-state index < -0.39 is 15.9 Å². The predicted molar refractivity (Wildman–Crippen MR) is 85.4 cm³/mol. The van der Waals surface area contributed by atoms with Gasteiger partial charge in [0, 0.05) is 0 Å². The van der Waals surface area contributed by atoms with E-state index in [2.05, 4.69) is 4.72 Å². The molecule has 1 amide bonds. The van der Waals surface area contributed by atoms with Crippen molar-refractivity contribution in [2.75, 3.05) is 4.72 Å². The molecule has 0 saturated carbocycles. The normalized spacial score (nSPS) is 13.6. The zero-order valence-electron chi connectivity index (χ0n) is 12.5. The number of carbonyl (C=O) groups excluding carboxylic acids is 1. The Kier molecular flexibility index (Phi) is 3.83. The molecular formula is C16H16N2O4S. The van der Waals surface area contributed by atoms with Gasteiger partial charge in [0.1, 0.15) is 0 Å². The molecule has 23 heavy (non-hydrogen) atoms. The molecule has 0 aliphatic carbocycles. The van der Waals surface area contributed by atoms with Crippen molar-refractivity contribution in [2.45, 2.75) is 25.0 Å². The summed E-state index contributed by atoms with van der Waals surface area (Å²) in [6.45, 7) is 2.60. The fourth-order valence-electron chi connectivity index (χ4n) is 2.52. The van der Waals surface area contributed by atoms with Gasteiger partial charge in [0.2, 0.25) is 0 Å². The van der Waals surface area contributed by atoms with Crippen molar-refractivity contribution < 1.29 is 17.9 Å². The molecule has 0 spiro atoms. The van der Waals surface area contributed by atoms with Crippen LogP contribution in [0.2, 0.25) is 0 Å². The molecule has 1 aliphatic rings. The van der Waals surface area contributed by atoms with Crippen LogP contribution in [0.15, 0.2) is 41.3 Å². The van der Waals surface area contributed by atoms with Crippen molar-refractivity contribution in [3.8, 4) is 0 Å². The lowest BCUT2D eigenvalue weighted by Gasteiger charge is -2.14. The van der Waals surface area contributed by atoms with Crippen molar-refractivity contribution in [2.24, 2.45) is 5.73 Å². The smallest absolute Gasteiger partial charge is 0.261 e. The number of sulfonamides is 1. The van der Waals surface area contributed by atoms with Crippen LogP contribution in [0.3, 0.4) is 0 Å². The quantitative estimate of drug-likeness (QED) is 0.893. The summed E-state index contributed by atoms with van der Waals surface area (Å²) in [5.74, 6) is -0.686. The first-order chi connectivity index (χ1) is 10.9. The second kappa shape index (κ2) is 5.68. The molecule has 0 radical (unpaired) electrons. The summed E-state index contributed by atoms with van der Waals surface area (Å²) in [6, 6.07) is 9.71. The molecule has 2 aromatic rings. The fourth-order valence-corrected chi connectivity index (χ4v) is 3.72. The number of hydrogen-bond acceptors (Lipinski definition) is 4. The molecule has 0 saturated heterocycles. The van der Waals surface area contributed by atoms with Gasteiger partial charge in [-0.3, -0.25) is 9.52 Å². The SMILES string of the molecule is Cc1cccc(C(N)=O)c1NS(=O)(=O)c1ccc2c(c1)COC2. The van der Waals surface area contributed by atoms with Gasteiger partial charge >= 0.3 is 0 Å². The second-order valence-corrected chi connectivity index (χ2v) is 7.07. The number of primary amides is 1. The summed E-state index contributed by atoms with van der Waals surface area (Å²) >= 11 is 0. The molecule has 1 heterocycles. The van der Waals surface area contributed by atoms with Gasteiger partial charge in [0.25, 0.3) is 15.9 Å². The first-order valence-corrected chi connectivity index (χ1v) is 8.48. The van der Waals surface area contributed by atoms with Gasteiger partial charge in [-0.2, -0.15) is 0 Å². The second-order valence-electron chi connectivity index (χ2n) is 5.39. The summed E-state index contributed by atoms with van der Waals surface area (Å²) in [4.78, 5) is 11.6. The maximum atomic E-state index is 12.6. The maximum absolute atomic E-state index is 12.6. The van der Waals surface area contributed by atoms with E-state index in [1.807, 2.05) is 0 Å². The Hall–Kier alpha value is -2.38. The van der Waals surface area contributed by atoms with E-state index in [4.69, 9.17) is 10.5 Å². The number of rotatable bonds is 4. The van der Waals surface area contributed by atoms with Gasteiger partial charge in [0.15, 0.2) is 0 Å². The average Bonchev–Trinajstić information content (AvgIpc) is 2.96. The molecule has 0 bridgehead atoms. The molecule has 0 fully saturated rings. The Morgan fingerprint density at radius 3 is 2.65 bits per heavy atom. The number of para-hydroxylation sites is 1. The third-order valence-electron chi connectivity index (χ3n) is 3.78. The number of amides is 1. The zero-order chi connectivity index (χ0) is 16.6. The van der Waals surface area contributed by atoms with Crippen molar-refractivity contribution in [1.82, 2.24) is 0 Å². The number of carbonyl (C=O) groups is 1. The first-order valence-electron chi connectivity index (χ1n) is 7.00. The van der Waals surface area contributed by atoms with Crippen LogP contribution >= 0.6 is 0 Å². The van der Waals surface area contributed by atoms with E-state index in [0.29, 0.717) is 18.8 Å². The number of nitrogens with one attached hydrogen (secondary N) is 1. The number of anilines is 1. The zero-order valence-corrected chi connectivity index (χ0v) is 13.3. The van der Waals surface area contributed by atoms with Gasteiger partial charge in [0.05, 0.1) is 29.4 Å². The molecule has 0 unspecified atom stereocenters. The first kappa shape index (κ1) is 15.5. The highest BCUT2D eigenvalue weighted by atomic mass is 32.2. The minimum absolute atomic E-state index is 0.125. The van der Waals surface area contributed by atoms with Crippen molar-refractivity contribution in [1.29, 1.82) is 0 Å². The van der Waals surface area contributed by atoms with E-state index >= 15 is 0 Å². The highest BCUT2D eigenvalue weighted by Crippen LogP contribution is 2.27. The lowest BCUT2D eigenvalue weighted by atomic mass is 10.1. The van der Waals surface area contributed by atoms with Crippen molar-refractivity contribution in [3.63, 3.8) is 0 Å². The largest absolute Gasteiger partial charge is 0.372 e. The summed E-state index contributed by atoms with van der Waals surface area (Å²) < 4.78 is 33.0. The molecular weight excluding hydrogens is 316 g/mol. The molecule has 6 nitrogen and oxygen atoms in total. The predicted octanol–water partition coefficient (Wildman–Crippen LogP) is 1.92. The van der Waals surface area contributed by atoms with Crippen LogP contribution in [0.4, 0.5) is 5.69 Å². The lowest BCUT2D eigenvalue weighted by molar-refractivity contribution is 0.100. The topological polar surface area (TPSA) is 98.5 Å². The fraction of sp³-hybridized carbons (Fsp3) is 0.188. The Morgan fingerprint density at radius 2 is 1.91 bits per heavy atom. The van der Waals surface area contributed by atoms with Gasteiger partial charge in [-0.1, -0.05) is 18.2 Å². The Balaban J connectivity index is 2.01. The molecule has 2 aromatic carbocycles. The summed E-state index contributed by atoms with van der Waals surface area (Å²) in [5.41, 5.74) is 8.13. The third-order valence-corrected chi connectivity index (χ3v) is 5.13. The van der Waals surface area contributed by atoms with Crippen LogP contribution in [0.5, 0.6) is 0 Å². The minimum Gasteiger partial charge on any atom is -0.372 e. The van der Waals surface area contributed by atoms with E-state index in [1.54, 1.807) is 31.2 Å². The number of hydrogen-bond donors (Lipinski definition) is 2. The van der Waals surface area contributed by atoms with Crippen molar-refractivity contribution >= 4 is 21.6 Å². The number of benzene rings is 2. The highest BCUT2D eigenvalue weighted by molar-refractivity contribution is 7.92. The van der Waals surface area contributed by atoms with Gasteiger partial charge < -0.3 is 10.5 Å². The summed E-state index contributed by atoms with van der Waals surface area (Å²) in [5, 5.41) is 0. The molecule has 7 heteroatoms. The van der Waals surface area contributed by atoms with E-state index in [-0.39, 0.29) is 16.1 Å². The summed E-state index contributed by atoms with van der Waals surface area (Å²) in [6.07, 6.45) is 0. The van der Waals surface area contributed by atoms with Crippen LogP contribution in [-0.2, 0) is 28.0 Å². The van der Waals surface area contributed by atoms with Crippen LogP contribution in [0.25, 0.3) is 0 Å². The minimum atomic E-state index is -3.83. The molecule has 3 rings (SSSR count). The molecule has 3 N–H and O–H groups in total.